The monoisotopic (exact) mass is 292 g/mol. The number of fused-ring (bicyclic) bond motifs is 1. The molecule has 4 heteroatoms. The van der Waals surface area contributed by atoms with E-state index in [1.165, 1.54) is 25.0 Å². The Morgan fingerprint density at radius 1 is 1.09 bits per heavy atom. The summed E-state index contributed by atoms with van der Waals surface area (Å²) in [7, 11) is 0. The third-order valence-electron chi connectivity index (χ3n) is 4.43. The van der Waals surface area contributed by atoms with Crippen molar-refractivity contribution in [3.05, 3.63) is 60.2 Å². The van der Waals surface area contributed by atoms with Crippen molar-refractivity contribution >= 4 is 11.0 Å². The van der Waals surface area contributed by atoms with Gasteiger partial charge in [0.25, 0.3) is 0 Å². The highest BCUT2D eigenvalue weighted by atomic mass is 15.2. The molecule has 0 aliphatic carbocycles. The van der Waals surface area contributed by atoms with Gasteiger partial charge in [-0.1, -0.05) is 24.6 Å². The van der Waals surface area contributed by atoms with Gasteiger partial charge in [-0.05, 0) is 43.7 Å². The number of nitrogens with one attached hydrogen (secondary N) is 1. The van der Waals surface area contributed by atoms with E-state index in [0.29, 0.717) is 6.04 Å². The first kappa shape index (κ1) is 13.5. The molecule has 0 spiro atoms. The van der Waals surface area contributed by atoms with Gasteiger partial charge in [0.05, 0.1) is 29.3 Å². The molecule has 1 saturated heterocycles. The SMILES string of the molecule is c1ccc(C2CCCCN2Cc2nc3ccccc3[nH]2)nc1. The zero-order valence-corrected chi connectivity index (χ0v) is 12.6. The maximum absolute atomic E-state index is 4.72. The molecule has 1 aliphatic heterocycles. The molecule has 4 nitrogen and oxygen atoms in total. The van der Waals surface area contributed by atoms with Crippen LogP contribution >= 0.6 is 0 Å². The van der Waals surface area contributed by atoms with Crippen LogP contribution in [0, 0.1) is 0 Å². The molecule has 3 aromatic rings. The van der Waals surface area contributed by atoms with Gasteiger partial charge >= 0.3 is 0 Å². The number of H-pyrrole nitrogens is 1. The van der Waals surface area contributed by atoms with Gasteiger partial charge in [-0.25, -0.2) is 4.98 Å². The summed E-state index contributed by atoms with van der Waals surface area (Å²) in [6.07, 6.45) is 5.60. The normalized spacial score (nSPS) is 19.5. The third kappa shape index (κ3) is 2.62. The number of aromatic nitrogens is 3. The molecule has 1 unspecified atom stereocenters. The molecule has 1 aliphatic rings. The van der Waals surface area contributed by atoms with Crippen molar-refractivity contribution in [1.29, 1.82) is 0 Å². The maximum Gasteiger partial charge on any atom is 0.121 e. The summed E-state index contributed by atoms with van der Waals surface area (Å²) in [5.74, 6) is 1.05. The van der Waals surface area contributed by atoms with Gasteiger partial charge in [-0.2, -0.15) is 0 Å². The van der Waals surface area contributed by atoms with Crippen LogP contribution in [0.5, 0.6) is 0 Å². The summed E-state index contributed by atoms with van der Waals surface area (Å²) < 4.78 is 0. The fourth-order valence-corrected chi connectivity index (χ4v) is 3.36. The Kier molecular flexibility index (Phi) is 3.60. The second kappa shape index (κ2) is 5.89. The number of hydrogen-bond donors (Lipinski definition) is 1. The number of nitrogens with zero attached hydrogens (tertiary/aromatic N) is 3. The van der Waals surface area contributed by atoms with Crippen LogP contribution in [0.1, 0.15) is 36.8 Å². The van der Waals surface area contributed by atoms with E-state index in [0.717, 1.165) is 29.9 Å². The lowest BCUT2D eigenvalue weighted by Gasteiger charge is -2.34. The van der Waals surface area contributed by atoms with Gasteiger partial charge in [0, 0.05) is 6.20 Å². The molecule has 1 fully saturated rings. The standard InChI is InChI=1S/C18H20N4/c1-2-8-15-14(7-1)20-18(21-15)13-22-12-6-4-10-17(22)16-9-3-5-11-19-16/h1-3,5,7-9,11,17H,4,6,10,12-13H2,(H,20,21). The van der Waals surface area contributed by atoms with E-state index < -0.39 is 0 Å². The lowest BCUT2D eigenvalue weighted by molar-refractivity contribution is 0.134. The van der Waals surface area contributed by atoms with E-state index in [1.807, 2.05) is 24.4 Å². The van der Waals surface area contributed by atoms with Crippen molar-refractivity contribution in [2.75, 3.05) is 6.54 Å². The quantitative estimate of drug-likeness (QED) is 0.801. The minimum Gasteiger partial charge on any atom is -0.341 e. The number of imidazole rings is 1. The van der Waals surface area contributed by atoms with Gasteiger partial charge in [0.15, 0.2) is 0 Å². The first-order chi connectivity index (χ1) is 10.9. The molecule has 0 amide bonds. The number of aromatic amines is 1. The topological polar surface area (TPSA) is 44.8 Å². The molecule has 4 rings (SSSR count). The van der Waals surface area contributed by atoms with E-state index in [9.17, 15) is 0 Å². The summed E-state index contributed by atoms with van der Waals surface area (Å²) in [6, 6.07) is 14.8. The van der Waals surface area contributed by atoms with Crippen molar-refractivity contribution < 1.29 is 0 Å². The first-order valence-electron chi connectivity index (χ1n) is 7.99. The molecular formula is C18H20N4. The molecule has 2 aromatic heterocycles. The molecule has 1 N–H and O–H groups in total. The van der Waals surface area contributed by atoms with Gasteiger partial charge in [-0.3, -0.25) is 9.88 Å². The van der Waals surface area contributed by atoms with E-state index in [1.54, 1.807) is 0 Å². The Hall–Kier alpha value is -2.20. The number of rotatable bonds is 3. The van der Waals surface area contributed by atoms with Crippen molar-refractivity contribution in [3.63, 3.8) is 0 Å². The second-order valence-corrected chi connectivity index (χ2v) is 5.94. The molecule has 0 bridgehead atoms. The highest BCUT2D eigenvalue weighted by molar-refractivity contribution is 5.74. The molecule has 22 heavy (non-hydrogen) atoms. The average Bonchev–Trinajstić information content (AvgIpc) is 2.98. The van der Waals surface area contributed by atoms with Crippen LogP contribution in [0.3, 0.4) is 0 Å². The van der Waals surface area contributed by atoms with E-state index >= 15 is 0 Å². The summed E-state index contributed by atoms with van der Waals surface area (Å²) in [6.45, 7) is 1.97. The fourth-order valence-electron chi connectivity index (χ4n) is 3.36. The minimum atomic E-state index is 0.406. The van der Waals surface area contributed by atoms with E-state index in [4.69, 9.17) is 4.98 Å². The van der Waals surface area contributed by atoms with Crippen molar-refractivity contribution in [2.24, 2.45) is 0 Å². The summed E-state index contributed by atoms with van der Waals surface area (Å²) >= 11 is 0. The van der Waals surface area contributed by atoms with Gasteiger partial charge in [0.2, 0.25) is 0 Å². The largest absolute Gasteiger partial charge is 0.341 e. The van der Waals surface area contributed by atoms with E-state index in [2.05, 4.69) is 39.1 Å². The molecule has 0 radical (unpaired) electrons. The highest BCUT2D eigenvalue weighted by Crippen LogP contribution is 2.30. The van der Waals surface area contributed by atoms with Crippen LogP contribution in [0.25, 0.3) is 11.0 Å². The molecule has 112 valence electrons. The molecular weight excluding hydrogens is 272 g/mol. The maximum atomic E-state index is 4.72. The Morgan fingerprint density at radius 3 is 2.86 bits per heavy atom. The molecule has 0 saturated carbocycles. The Morgan fingerprint density at radius 2 is 2.00 bits per heavy atom. The van der Waals surface area contributed by atoms with Crippen molar-refractivity contribution in [2.45, 2.75) is 31.8 Å². The summed E-state index contributed by atoms with van der Waals surface area (Å²) in [5.41, 5.74) is 3.34. The van der Waals surface area contributed by atoms with Crippen molar-refractivity contribution in [1.82, 2.24) is 19.9 Å². The smallest absolute Gasteiger partial charge is 0.121 e. The first-order valence-corrected chi connectivity index (χ1v) is 7.99. The second-order valence-electron chi connectivity index (χ2n) is 5.94. The minimum absolute atomic E-state index is 0.406. The van der Waals surface area contributed by atoms with Crippen LogP contribution in [0.2, 0.25) is 0 Å². The number of likely N-dealkylation sites (tertiary alicyclic amines) is 1. The molecule has 1 atom stereocenters. The predicted octanol–water partition coefficient (Wildman–Crippen LogP) is 3.69. The van der Waals surface area contributed by atoms with Crippen LogP contribution in [-0.2, 0) is 6.54 Å². The van der Waals surface area contributed by atoms with E-state index in [-0.39, 0.29) is 0 Å². The predicted molar refractivity (Wildman–Crippen MR) is 87.3 cm³/mol. The average molecular weight is 292 g/mol. The molecule has 1 aromatic carbocycles. The van der Waals surface area contributed by atoms with Crippen molar-refractivity contribution in [3.8, 4) is 0 Å². The van der Waals surface area contributed by atoms with Gasteiger partial charge in [0.1, 0.15) is 5.82 Å². The summed E-state index contributed by atoms with van der Waals surface area (Å²) in [4.78, 5) is 15.2. The highest BCUT2D eigenvalue weighted by Gasteiger charge is 2.25. The third-order valence-corrected chi connectivity index (χ3v) is 4.43. The number of piperidine rings is 1. The molecule has 3 heterocycles. The van der Waals surface area contributed by atoms with Crippen LogP contribution in [-0.4, -0.2) is 26.4 Å². The summed E-state index contributed by atoms with van der Waals surface area (Å²) in [5, 5.41) is 0. The number of benzene rings is 1. The van der Waals surface area contributed by atoms with Crippen LogP contribution < -0.4 is 0 Å². The Bertz CT molecular complexity index is 717. The Balaban J connectivity index is 1.59. The zero-order valence-electron chi connectivity index (χ0n) is 12.6. The van der Waals surface area contributed by atoms with Crippen LogP contribution in [0.15, 0.2) is 48.7 Å². The number of hydrogen-bond acceptors (Lipinski definition) is 3. The lowest BCUT2D eigenvalue weighted by atomic mass is 9.99. The lowest BCUT2D eigenvalue weighted by Crippen LogP contribution is -2.33. The Labute approximate surface area is 130 Å². The fraction of sp³-hybridized carbons (Fsp3) is 0.333. The zero-order chi connectivity index (χ0) is 14.8. The van der Waals surface area contributed by atoms with Crippen LogP contribution in [0.4, 0.5) is 0 Å². The van der Waals surface area contributed by atoms with Gasteiger partial charge < -0.3 is 4.98 Å². The number of para-hydroxylation sites is 2. The number of pyridine rings is 1. The van der Waals surface area contributed by atoms with Gasteiger partial charge in [-0.15, -0.1) is 0 Å².